The Bertz CT molecular complexity index is 554. The van der Waals surface area contributed by atoms with E-state index in [0.717, 1.165) is 6.54 Å². The third-order valence-corrected chi connectivity index (χ3v) is 4.50. The van der Waals surface area contributed by atoms with Crippen LogP contribution in [0, 0.1) is 6.92 Å². The molecule has 0 bridgehead atoms. The molecule has 88 valence electrons. The molecule has 0 spiro atoms. The van der Waals surface area contributed by atoms with Crippen LogP contribution >= 0.6 is 11.3 Å². The van der Waals surface area contributed by atoms with Gasteiger partial charge in [-0.3, -0.25) is 0 Å². The van der Waals surface area contributed by atoms with E-state index >= 15 is 0 Å². The van der Waals surface area contributed by atoms with Crippen LogP contribution in [0.3, 0.4) is 0 Å². The first kappa shape index (κ1) is 11.0. The first-order valence-electron chi connectivity index (χ1n) is 6.14. The third kappa shape index (κ3) is 1.92. The lowest BCUT2D eigenvalue weighted by Gasteiger charge is -2.22. The monoisotopic (exact) mass is 243 g/mol. The molecule has 1 aromatic heterocycles. The average molecular weight is 243 g/mol. The number of hydrogen-bond donors (Lipinski definition) is 1. The van der Waals surface area contributed by atoms with Crippen molar-refractivity contribution in [1.29, 1.82) is 0 Å². The number of benzene rings is 1. The van der Waals surface area contributed by atoms with Gasteiger partial charge < -0.3 is 5.32 Å². The summed E-state index contributed by atoms with van der Waals surface area (Å²) in [7, 11) is 2.02. The molecular weight excluding hydrogens is 226 g/mol. The second-order valence-corrected chi connectivity index (χ2v) is 6.01. The van der Waals surface area contributed by atoms with Gasteiger partial charge in [-0.05, 0) is 67.3 Å². The molecule has 0 amide bonds. The highest BCUT2D eigenvalue weighted by Gasteiger charge is 2.17. The minimum atomic E-state index is 0.958. The predicted molar refractivity (Wildman–Crippen MR) is 74.7 cm³/mol. The van der Waals surface area contributed by atoms with Gasteiger partial charge in [0.05, 0.1) is 0 Å². The number of aryl methyl sites for hydroxylation is 3. The van der Waals surface area contributed by atoms with Gasteiger partial charge in [0.2, 0.25) is 0 Å². The van der Waals surface area contributed by atoms with Gasteiger partial charge in [-0.25, -0.2) is 0 Å². The van der Waals surface area contributed by atoms with Crippen molar-refractivity contribution >= 4 is 11.3 Å². The molecule has 0 radical (unpaired) electrons. The summed E-state index contributed by atoms with van der Waals surface area (Å²) in [5, 5.41) is 3.28. The van der Waals surface area contributed by atoms with Crippen molar-refractivity contribution in [2.75, 3.05) is 7.05 Å². The van der Waals surface area contributed by atoms with Crippen molar-refractivity contribution in [2.45, 2.75) is 26.3 Å². The Kier molecular flexibility index (Phi) is 2.77. The summed E-state index contributed by atoms with van der Waals surface area (Å²) in [6.45, 7) is 3.13. The zero-order valence-corrected chi connectivity index (χ0v) is 11.2. The number of hydrogen-bond acceptors (Lipinski definition) is 2. The highest BCUT2D eigenvalue weighted by molar-refractivity contribution is 7.15. The molecule has 2 aromatic rings. The van der Waals surface area contributed by atoms with E-state index < -0.39 is 0 Å². The van der Waals surface area contributed by atoms with E-state index in [9.17, 15) is 0 Å². The van der Waals surface area contributed by atoms with Crippen molar-refractivity contribution < 1.29 is 0 Å². The molecule has 1 N–H and O–H groups in total. The summed E-state index contributed by atoms with van der Waals surface area (Å²) in [5.41, 5.74) is 5.96. The maximum Gasteiger partial charge on any atom is 0.0348 e. The smallest absolute Gasteiger partial charge is 0.0348 e. The quantitative estimate of drug-likeness (QED) is 0.869. The predicted octanol–water partition coefficient (Wildman–Crippen LogP) is 3.54. The molecule has 1 aliphatic rings. The van der Waals surface area contributed by atoms with Crippen LogP contribution in [-0.2, 0) is 19.4 Å². The van der Waals surface area contributed by atoms with E-state index in [1.807, 2.05) is 18.4 Å². The van der Waals surface area contributed by atoms with Crippen LogP contribution in [0.1, 0.15) is 21.6 Å². The fraction of sp³-hybridized carbons (Fsp3) is 0.333. The Labute approximate surface area is 106 Å². The van der Waals surface area contributed by atoms with Crippen molar-refractivity contribution in [3.63, 3.8) is 0 Å². The fourth-order valence-electron chi connectivity index (χ4n) is 2.44. The molecule has 0 fully saturated rings. The lowest BCUT2D eigenvalue weighted by atomic mass is 9.84. The maximum absolute atomic E-state index is 3.28. The second-order valence-electron chi connectivity index (χ2n) is 4.72. The van der Waals surface area contributed by atoms with Crippen molar-refractivity contribution in [2.24, 2.45) is 0 Å². The van der Waals surface area contributed by atoms with E-state index in [4.69, 9.17) is 0 Å². The average Bonchev–Trinajstić information content (AvgIpc) is 2.70. The van der Waals surface area contributed by atoms with Gasteiger partial charge in [0.25, 0.3) is 0 Å². The molecule has 0 saturated heterocycles. The molecule has 0 saturated carbocycles. The van der Waals surface area contributed by atoms with Gasteiger partial charge in [0.15, 0.2) is 0 Å². The standard InChI is InChI=1S/C15H17NS/c1-10-3-6-15(17-10)14-8-12-5-4-11(12)7-13(14)9-16-2/h3,6-8,16H,4-5,9H2,1-2H3. The summed E-state index contributed by atoms with van der Waals surface area (Å²) >= 11 is 1.89. The molecule has 1 nitrogen and oxygen atoms in total. The van der Waals surface area contributed by atoms with Crippen LogP contribution in [-0.4, -0.2) is 7.05 Å². The van der Waals surface area contributed by atoms with Gasteiger partial charge in [-0.2, -0.15) is 0 Å². The highest BCUT2D eigenvalue weighted by Crippen LogP contribution is 2.35. The molecule has 1 heterocycles. The number of rotatable bonds is 3. The van der Waals surface area contributed by atoms with E-state index in [0.29, 0.717) is 0 Å². The van der Waals surface area contributed by atoms with Crippen LogP contribution < -0.4 is 5.32 Å². The van der Waals surface area contributed by atoms with Crippen LogP contribution in [0.2, 0.25) is 0 Å². The van der Waals surface area contributed by atoms with Crippen molar-refractivity contribution in [3.8, 4) is 10.4 Å². The van der Waals surface area contributed by atoms with Crippen molar-refractivity contribution in [1.82, 2.24) is 5.32 Å². The first-order chi connectivity index (χ1) is 8.28. The van der Waals surface area contributed by atoms with Gasteiger partial charge in [-0.15, -0.1) is 11.3 Å². The molecule has 0 atom stereocenters. The first-order valence-corrected chi connectivity index (χ1v) is 6.95. The number of fused-ring (bicyclic) bond motifs is 1. The topological polar surface area (TPSA) is 12.0 Å². The molecule has 1 aromatic carbocycles. The Hall–Kier alpha value is -1.12. The van der Waals surface area contributed by atoms with Crippen LogP contribution in [0.15, 0.2) is 24.3 Å². The third-order valence-electron chi connectivity index (χ3n) is 3.46. The lowest BCUT2D eigenvalue weighted by Crippen LogP contribution is -2.13. The molecule has 0 unspecified atom stereocenters. The lowest BCUT2D eigenvalue weighted by molar-refractivity contribution is 0.796. The Balaban J connectivity index is 2.10. The van der Waals surface area contributed by atoms with E-state index in [1.54, 1.807) is 11.1 Å². The van der Waals surface area contributed by atoms with Gasteiger partial charge in [0, 0.05) is 16.3 Å². The van der Waals surface area contributed by atoms with E-state index in [2.05, 4.69) is 36.5 Å². The Morgan fingerprint density at radius 3 is 2.53 bits per heavy atom. The highest BCUT2D eigenvalue weighted by atomic mass is 32.1. The minimum absolute atomic E-state index is 0.958. The summed E-state index contributed by atoms with van der Waals surface area (Å²) < 4.78 is 0. The maximum atomic E-state index is 3.28. The minimum Gasteiger partial charge on any atom is -0.316 e. The summed E-state index contributed by atoms with van der Waals surface area (Å²) in [4.78, 5) is 2.79. The molecule has 2 heteroatoms. The molecule has 0 aliphatic heterocycles. The summed E-state index contributed by atoms with van der Waals surface area (Å²) in [6, 6.07) is 9.25. The van der Waals surface area contributed by atoms with E-state index in [1.165, 1.54) is 33.7 Å². The largest absolute Gasteiger partial charge is 0.316 e. The van der Waals surface area contributed by atoms with Crippen LogP contribution in [0.25, 0.3) is 10.4 Å². The fourth-order valence-corrected chi connectivity index (χ4v) is 3.36. The van der Waals surface area contributed by atoms with E-state index in [-0.39, 0.29) is 0 Å². The van der Waals surface area contributed by atoms with Gasteiger partial charge in [-0.1, -0.05) is 6.07 Å². The number of nitrogens with one attached hydrogen (secondary N) is 1. The Morgan fingerprint density at radius 1 is 1.18 bits per heavy atom. The Morgan fingerprint density at radius 2 is 1.94 bits per heavy atom. The summed E-state index contributed by atoms with van der Waals surface area (Å²) in [5.74, 6) is 0. The SMILES string of the molecule is CNCc1cc2c(cc1-c1ccc(C)s1)CC2. The van der Waals surface area contributed by atoms with Crippen LogP contribution in [0.4, 0.5) is 0 Å². The normalized spacial score (nSPS) is 13.3. The zero-order chi connectivity index (χ0) is 11.8. The summed E-state index contributed by atoms with van der Waals surface area (Å²) in [6.07, 6.45) is 2.52. The molecular formula is C15H17NS. The molecule has 3 rings (SSSR count). The molecule has 1 aliphatic carbocycles. The zero-order valence-electron chi connectivity index (χ0n) is 10.3. The molecule has 17 heavy (non-hydrogen) atoms. The number of thiophene rings is 1. The van der Waals surface area contributed by atoms with Gasteiger partial charge in [0.1, 0.15) is 0 Å². The second kappa shape index (κ2) is 4.28. The van der Waals surface area contributed by atoms with Crippen molar-refractivity contribution in [3.05, 3.63) is 45.8 Å². The van der Waals surface area contributed by atoms with Crippen LogP contribution in [0.5, 0.6) is 0 Å². The van der Waals surface area contributed by atoms with Gasteiger partial charge >= 0.3 is 0 Å².